The number of benzene rings is 1. The van der Waals surface area contributed by atoms with Crippen LogP contribution in [-0.4, -0.2) is 28.1 Å². The molecule has 1 atom stereocenters. The lowest BCUT2D eigenvalue weighted by Gasteiger charge is -2.32. The van der Waals surface area contributed by atoms with Crippen LogP contribution in [0.4, 0.5) is 0 Å². The second-order valence-corrected chi connectivity index (χ2v) is 7.30. The molecule has 122 valence electrons. The van der Waals surface area contributed by atoms with E-state index in [-0.39, 0.29) is 24.4 Å². The third kappa shape index (κ3) is 2.72. The first kappa shape index (κ1) is 16.3. The van der Waals surface area contributed by atoms with Gasteiger partial charge in [-0.05, 0) is 47.1 Å². The van der Waals surface area contributed by atoms with Crippen LogP contribution in [0.15, 0.2) is 36.5 Å². The van der Waals surface area contributed by atoms with Crippen molar-refractivity contribution in [2.24, 2.45) is 0 Å². The summed E-state index contributed by atoms with van der Waals surface area (Å²) >= 11 is 0. The second-order valence-electron chi connectivity index (χ2n) is 7.30. The fourth-order valence-electron chi connectivity index (χ4n) is 2.90. The maximum absolute atomic E-state index is 6.15. The lowest BCUT2D eigenvalue weighted by molar-refractivity contribution is 0.00578. The van der Waals surface area contributed by atoms with Gasteiger partial charge in [0.1, 0.15) is 0 Å². The summed E-state index contributed by atoms with van der Waals surface area (Å²) in [5.41, 5.74) is 2.65. The lowest BCUT2D eigenvalue weighted by Crippen LogP contribution is -2.41. The van der Waals surface area contributed by atoms with Gasteiger partial charge in [0, 0.05) is 17.4 Å². The third-order valence-electron chi connectivity index (χ3n) is 5.24. The molecule has 1 aliphatic heterocycles. The average Bonchev–Trinajstić information content (AvgIpc) is 2.96. The lowest BCUT2D eigenvalue weighted by atomic mass is 9.79. The van der Waals surface area contributed by atoms with Crippen LogP contribution >= 0.6 is 0 Å². The van der Waals surface area contributed by atoms with Crippen LogP contribution in [0.2, 0.25) is 0 Å². The standard InChI is InChI=1S/C18H25BN2O2/c1-13(15-10-8-7-9-11-15)21-14(2)16(12-20-21)19-22-17(3,4)18(5,6)23-19/h7-13H,1-6H3. The molecule has 1 aliphatic rings. The Hall–Kier alpha value is -1.59. The van der Waals surface area contributed by atoms with Crippen molar-refractivity contribution < 1.29 is 9.31 Å². The van der Waals surface area contributed by atoms with Crippen LogP contribution < -0.4 is 5.46 Å². The zero-order chi connectivity index (χ0) is 16.8. The van der Waals surface area contributed by atoms with E-state index in [4.69, 9.17) is 9.31 Å². The van der Waals surface area contributed by atoms with E-state index in [9.17, 15) is 0 Å². The molecular formula is C18H25BN2O2. The van der Waals surface area contributed by atoms with Gasteiger partial charge in [0.25, 0.3) is 0 Å². The number of nitrogens with zero attached hydrogens (tertiary/aromatic N) is 2. The summed E-state index contributed by atoms with van der Waals surface area (Å²) in [5.74, 6) is 0. The Morgan fingerprint density at radius 1 is 1.04 bits per heavy atom. The Bertz CT molecular complexity index is 678. The molecule has 0 aliphatic carbocycles. The smallest absolute Gasteiger partial charge is 0.399 e. The van der Waals surface area contributed by atoms with Gasteiger partial charge in [-0.3, -0.25) is 4.68 Å². The van der Waals surface area contributed by atoms with E-state index >= 15 is 0 Å². The zero-order valence-electron chi connectivity index (χ0n) is 14.8. The van der Waals surface area contributed by atoms with Crippen molar-refractivity contribution in [3.63, 3.8) is 0 Å². The molecule has 0 bridgehead atoms. The Labute approximate surface area is 138 Å². The summed E-state index contributed by atoms with van der Waals surface area (Å²) in [7, 11) is -0.364. The van der Waals surface area contributed by atoms with Gasteiger partial charge < -0.3 is 9.31 Å². The highest BCUT2D eigenvalue weighted by Crippen LogP contribution is 2.36. The molecule has 1 saturated heterocycles. The molecule has 4 nitrogen and oxygen atoms in total. The van der Waals surface area contributed by atoms with Gasteiger partial charge in [0.05, 0.1) is 17.2 Å². The van der Waals surface area contributed by atoms with Crippen molar-refractivity contribution in [2.45, 2.75) is 58.8 Å². The van der Waals surface area contributed by atoms with Crippen LogP contribution in [-0.2, 0) is 9.31 Å². The Morgan fingerprint density at radius 2 is 1.61 bits per heavy atom. The molecule has 0 saturated carbocycles. The minimum Gasteiger partial charge on any atom is -0.399 e. The quantitative estimate of drug-likeness (QED) is 0.817. The van der Waals surface area contributed by atoms with Crippen LogP contribution in [0.1, 0.15) is 51.9 Å². The molecule has 2 aromatic rings. The predicted molar refractivity (Wildman–Crippen MR) is 92.9 cm³/mol. The number of hydrogen-bond acceptors (Lipinski definition) is 3. The normalized spacial score (nSPS) is 20.7. The molecule has 1 fully saturated rings. The molecule has 1 unspecified atom stereocenters. The van der Waals surface area contributed by atoms with E-state index < -0.39 is 0 Å². The van der Waals surface area contributed by atoms with E-state index in [1.807, 2.05) is 16.9 Å². The molecule has 0 spiro atoms. The van der Waals surface area contributed by atoms with E-state index in [0.29, 0.717) is 0 Å². The Kier molecular flexibility index (Phi) is 3.89. The molecule has 1 aromatic heterocycles. The molecule has 5 heteroatoms. The molecule has 2 heterocycles. The number of rotatable bonds is 3. The highest BCUT2D eigenvalue weighted by atomic mass is 16.7. The SMILES string of the molecule is Cc1c(B2OC(C)(C)C(C)(C)O2)cnn1C(C)c1ccccc1. The third-order valence-corrected chi connectivity index (χ3v) is 5.24. The molecule has 1 aromatic carbocycles. The summed E-state index contributed by atoms with van der Waals surface area (Å²) in [6, 6.07) is 10.6. The summed E-state index contributed by atoms with van der Waals surface area (Å²) < 4.78 is 14.3. The maximum Gasteiger partial charge on any atom is 0.498 e. The maximum atomic E-state index is 6.15. The molecule has 0 N–H and O–H groups in total. The molecule has 23 heavy (non-hydrogen) atoms. The molecule has 0 radical (unpaired) electrons. The van der Waals surface area contributed by atoms with Crippen LogP contribution in [0.5, 0.6) is 0 Å². The largest absolute Gasteiger partial charge is 0.498 e. The minimum absolute atomic E-state index is 0.173. The van der Waals surface area contributed by atoms with Crippen LogP contribution in [0.25, 0.3) is 0 Å². The predicted octanol–water partition coefficient (Wildman–Crippen LogP) is 3.10. The fourth-order valence-corrected chi connectivity index (χ4v) is 2.90. The van der Waals surface area contributed by atoms with Crippen molar-refractivity contribution >= 4 is 12.6 Å². The fraction of sp³-hybridized carbons (Fsp3) is 0.500. The molecular weight excluding hydrogens is 287 g/mol. The second kappa shape index (κ2) is 5.50. The van der Waals surface area contributed by atoms with Crippen molar-refractivity contribution in [2.75, 3.05) is 0 Å². The van der Waals surface area contributed by atoms with Gasteiger partial charge >= 0.3 is 7.12 Å². The van der Waals surface area contributed by atoms with Gasteiger partial charge in [0.15, 0.2) is 0 Å². The van der Waals surface area contributed by atoms with Gasteiger partial charge in [-0.25, -0.2) is 0 Å². The van der Waals surface area contributed by atoms with E-state index in [1.54, 1.807) is 0 Å². The summed E-state index contributed by atoms with van der Waals surface area (Å²) in [6.07, 6.45) is 1.87. The van der Waals surface area contributed by atoms with Crippen molar-refractivity contribution in [3.05, 3.63) is 47.8 Å². The van der Waals surface area contributed by atoms with E-state index in [0.717, 1.165) is 11.2 Å². The minimum atomic E-state index is -0.364. The van der Waals surface area contributed by atoms with Crippen LogP contribution in [0, 0.1) is 6.92 Å². The number of aromatic nitrogens is 2. The van der Waals surface area contributed by atoms with Crippen molar-refractivity contribution in [1.29, 1.82) is 0 Å². The van der Waals surface area contributed by atoms with Crippen molar-refractivity contribution in [1.82, 2.24) is 9.78 Å². The first-order chi connectivity index (χ1) is 10.7. The Balaban J connectivity index is 1.89. The first-order valence-corrected chi connectivity index (χ1v) is 8.17. The molecule has 0 amide bonds. The summed E-state index contributed by atoms with van der Waals surface area (Å²) in [5, 5.41) is 4.59. The Morgan fingerprint density at radius 3 is 2.17 bits per heavy atom. The first-order valence-electron chi connectivity index (χ1n) is 8.17. The summed E-state index contributed by atoms with van der Waals surface area (Å²) in [6.45, 7) is 12.5. The van der Waals surface area contributed by atoms with Gasteiger partial charge in [-0.2, -0.15) is 5.10 Å². The van der Waals surface area contributed by atoms with Crippen molar-refractivity contribution in [3.8, 4) is 0 Å². The van der Waals surface area contributed by atoms with Gasteiger partial charge in [-0.15, -0.1) is 0 Å². The average molecular weight is 312 g/mol. The monoisotopic (exact) mass is 312 g/mol. The van der Waals surface area contributed by atoms with Gasteiger partial charge in [0.2, 0.25) is 0 Å². The summed E-state index contributed by atoms with van der Waals surface area (Å²) in [4.78, 5) is 0. The molecule has 3 rings (SSSR count). The highest BCUT2D eigenvalue weighted by molar-refractivity contribution is 6.62. The highest BCUT2D eigenvalue weighted by Gasteiger charge is 2.52. The number of hydrogen-bond donors (Lipinski definition) is 0. The van der Waals surface area contributed by atoms with E-state index in [2.05, 4.69) is 70.9 Å². The van der Waals surface area contributed by atoms with E-state index in [1.165, 1.54) is 5.56 Å². The van der Waals surface area contributed by atoms with Crippen LogP contribution in [0.3, 0.4) is 0 Å². The zero-order valence-corrected chi connectivity index (χ0v) is 14.8. The topological polar surface area (TPSA) is 36.3 Å². The van der Waals surface area contributed by atoms with Gasteiger partial charge in [-0.1, -0.05) is 30.3 Å².